The van der Waals surface area contributed by atoms with Crippen LogP contribution in [0, 0.1) is 12.8 Å². The highest BCUT2D eigenvalue weighted by molar-refractivity contribution is 7.89. The number of aryl methyl sites for hydroxylation is 1. The van der Waals surface area contributed by atoms with E-state index in [0.717, 1.165) is 11.1 Å². The zero-order valence-electron chi connectivity index (χ0n) is 17.0. The lowest BCUT2D eigenvalue weighted by atomic mass is 9.91. The first-order valence-corrected chi connectivity index (χ1v) is 11.2. The fraction of sp³-hybridized carbons (Fsp3) is 0.600. The van der Waals surface area contributed by atoms with Gasteiger partial charge in [-0.15, -0.1) is 0 Å². The maximum absolute atomic E-state index is 13.2. The molecule has 3 rings (SSSR count). The molecule has 2 fully saturated rings. The maximum Gasteiger partial charge on any atom is 0.228 e. The average molecular weight is 408 g/mol. The summed E-state index contributed by atoms with van der Waals surface area (Å²) in [6.07, 6.45) is 0.193. The number of likely N-dealkylation sites (tertiary alicyclic amines) is 1. The second-order valence-corrected chi connectivity index (χ2v) is 10.5. The molecule has 0 bridgehead atoms. The van der Waals surface area contributed by atoms with Crippen LogP contribution in [0.2, 0.25) is 0 Å². The second kappa shape index (κ2) is 7.83. The molecule has 0 spiro atoms. The summed E-state index contributed by atoms with van der Waals surface area (Å²) < 4.78 is 26.1. The van der Waals surface area contributed by atoms with E-state index in [2.05, 4.69) is 0 Å². The average Bonchev–Trinajstić information content (AvgIpc) is 2.96. The predicted molar refractivity (Wildman–Crippen MR) is 107 cm³/mol. The predicted octanol–water partition coefficient (Wildman–Crippen LogP) is 1.40. The molecule has 1 aromatic rings. The summed E-state index contributed by atoms with van der Waals surface area (Å²) in [5, 5.41) is -0.471. The molecule has 0 saturated carbocycles. The van der Waals surface area contributed by atoms with Gasteiger partial charge in [-0.05, 0) is 26.3 Å². The second-order valence-electron chi connectivity index (χ2n) is 7.99. The van der Waals surface area contributed by atoms with Crippen molar-refractivity contribution in [2.75, 3.05) is 33.2 Å². The largest absolute Gasteiger partial charge is 0.340 e. The van der Waals surface area contributed by atoms with Gasteiger partial charge >= 0.3 is 0 Å². The molecule has 0 unspecified atom stereocenters. The van der Waals surface area contributed by atoms with Gasteiger partial charge in [-0.25, -0.2) is 8.42 Å². The number of carbonyl (C=O) groups is 2. The summed E-state index contributed by atoms with van der Waals surface area (Å²) in [6.45, 7) is 6.66. The molecule has 2 atom stereocenters. The van der Waals surface area contributed by atoms with Crippen molar-refractivity contribution in [3.05, 3.63) is 35.4 Å². The Hall–Kier alpha value is -1.93. The molecule has 0 aliphatic carbocycles. The van der Waals surface area contributed by atoms with Crippen LogP contribution >= 0.6 is 0 Å². The van der Waals surface area contributed by atoms with Gasteiger partial charge < -0.3 is 9.80 Å². The molecule has 7 nitrogen and oxygen atoms in total. The summed E-state index contributed by atoms with van der Waals surface area (Å²) >= 11 is 0. The van der Waals surface area contributed by atoms with Crippen molar-refractivity contribution in [1.29, 1.82) is 0 Å². The molecule has 2 aliphatic rings. The van der Waals surface area contributed by atoms with Crippen LogP contribution in [0.5, 0.6) is 0 Å². The number of nitrogens with zero attached hydrogens (tertiary/aromatic N) is 3. The molecular formula is C20H29N3O4S. The Morgan fingerprint density at radius 1 is 1.07 bits per heavy atom. The van der Waals surface area contributed by atoms with E-state index in [1.54, 1.807) is 30.7 Å². The summed E-state index contributed by atoms with van der Waals surface area (Å²) in [5.41, 5.74) is 2.08. The van der Waals surface area contributed by atoms with Gasteiger partial charge in [0.1, 0.15) is 0 Å². The van der Waals surface area contributed by atoms with Gasteiger partial charge in [-0.1, -0.05) is 29.8 Å². The minimum absolute atomic E-state index is 0.0371. The van der Waals surface area contributed by atoms with Crippen LogP contribution < -0.4 is 0 Å². The Kier molecular flexibility index (Phi) is 5.82. The Morgan fingerprint density at radius 3 is 2.18 bits per heavy atom. The van der Waals surface area contributed by atoms with Crippen LogP contribution in [0.15, 0.2) is 24.3 Å². The van der Waals surface area contributed by atoms with E-state index in [0.29, 0.717) is 26.2 Å². The Labute approximate surface area is 167 Å². The molecule has 2 amide bonds. The molecule has 0 aromatic heterocycles. The van der Waals surface area contributed by atoms with E-state index in [1.165, 1.54) is 4.31 Å². The summed E-state index contributed by atoms with van der Waals surface area (Å²) in [7, 11) is -1.57. The molecule has 154 valence electrons. The van der Waals surface area contributed by atoms with Crippen LogP contribution in [0.3, 0.4) is 0 Å². The van der Waals surface area contributed by atoms with E-state index >= 15 is 0 Å². The minimum Gasteiger partial charge on any atom is -0.340 e. The van der Waals surface area contributed by atoms with Crippen LogP contribution in [0.1, 0.15) is 37.4 Å². The molecule has 2 heterocycles. The first-order chi connectivity index (χ1) is 13.1. The van der Waals surface area contributed by atoms with Gasteiger partial charge in [0.25, 0.3) is 0 Å². The van der Waals surface area contributed by atoms with Crippen LogP contribution in [0.4, 0.5) is 0 Å². The van der Waals surface area contributed by atoms with E-state index in [9.17, 15) is 18.0 Å². The summed E-state index contributed by atoms with van der Waals surface area (Å²) in [4.78, 5) is 28.9. The number of hydrogen-bond donors (Lipinski definition) is 0. The number of rotatable bonds is 4. The number of carbonyl (C=O) groups excluding carboxylic acids is 2. The molecule has 28 heavy (non-hydrogen) atoms. The van der Waals surface area contributed by atoms with Crippen molar-refractivity contribution in [2.45, 2.75) is 38.5 Å². The lowest BCUT2D eigenvalue weighted by Gasteiger charge is -2.37. The van der Waals surface area contributed by atoms with Crippen molar-refractivity contribution in [3.63, 3.8) is 0 Å². The number of hydrogen-bond acceptors (Lipinski definition) is 4. The van der Waals surface area contributed by atoms with Gasteiger partial charge in [0.15, 0.2) is 0 Å². The number of benzene rings is 1. The smallest absolute Gasteiger partial charge is 0.228 e. The van der Waals surface area contributed by atoms with E-state index in [-0.39, 0.29) is 24.3 Å². The fourth-order valence-corrected chi connectivity index (χ4v) is 5.27. The molecule has 2 aliphatic heterocycles. The van der Waals surface area contributed by atoms with E-state index < -0.39 is 21.2 Å². The summed E-state index contributed by atoms with van der Waals surface area (Å²) in [5.74, 6) is -0.539. The molecule has 2 saturated heterocycles. The third-order valence-corrected chi connectivity index (χ3v) is 8.10. The number of sulfonamides is 1. The Balaban J connectivity index is 1.74. The van der Waals surface area contributed by atoms with Crippen molar-refractivity contribution in [1.82, 2.24) is 14.1 Å². The minimum atomic E-state index is -3.31. The van der Waals surface area contributed by atoms with Crippen LogP contribution in [-0.4, -0.2) is 72.8 Å². The van der Waals surface area contributed by atoms with Gasteiger partial charge in [-0.3, -0.25) is 9.59 Å². The molecular weight excluding hydrogens is 378 g/mol. The van der Waals surface area contributed by atoms with Gasteiger partial charge in [0, 0.05) is 39.6 Å². The first kappa shape index (κ1) is 20.8. The fourth-order valence-electron chi connectivity index (χ4n) is 4.01. The molecule has 0 radical (unpaired) electrons. The standard InChI is InChI=1S/C20H29N3O4S/c1-14(2)28(26,27)23-11-9-22(10-12-23)20(25)17-13-18(24)21(4)19(17)16-7-5-15(3)6-8-16/h5-8,14,17,19H,9-13H2,1-4H3/t17-,19+/m1/s1. The zero-order valence-corrected chi connectivity index (χ0v) is 17.8. The highest BCUT2D eigenvalue weighted by Gasteiger charge is 2.45. The molecule has 0 N–H and O–H groups in total. The third kappa shape index (κ3) is 3.80. The van der Waals surface area contributed by atoms with Gasteiger partial charge in [0.05, 0.1) is 17.2 Å². The Bertz CT molecular complexity index is 843. The van der Waals surface area contributed by atoms with Crippen molar-refractivity contribution >= 4 is 21.8 Å². The maximum atomic E-state index is 13.2. The molecule has 8 heteroatoms. The van der Waals surface area contributed by atoms with Crippen LogP contribution in [0.25, 0.3) is 0 Å². The highest BCUT2D eigenvalue weighted by Crippen LogP contribution is 2.38. The lowest BCUT2D eigenvalue weighted by molar-refractivity contribution is -0.137. The Morgan fingerprint density at radius 2 is 1.64 bits per heavy atom. The first-order valence-electron chi connectivity index (χ1n) is 9.73. The summed E-state index contributed by atoms with van der Waals surface area (Å²) in [6, 6.07) is 7.65. The SMILES string of the molecule is Cc1ccc([C@H]2[C@H](C(=O)N3CCN(S(=O)(=O)C(C)C)CC3)CC(=O)N2C)cc1. The lowest BCUT2D eigenvalue weighted by Crippen LogP contribution is -2.53. The van der Waals surface area contributed by atoms with E-state index in [1.807, 2.05) is 31.2 Å². The number of piperazine rings is 1. The highest BCUT2D eigenvalue weighted by atomic mass is 32.2. The monoisotopic (exact) mass is 407 g/mol. The third-order valence-electron chi connectivity index (χ3n) is 5.83. The van der Waals surface area contributed by atoms with Gasteiger partial charge in [0.2, 0.25) is 21.8 Å². The van der Waals surface area contributed by atoms with Gasteiger partial charge in [-0.2, -0.15) is 4.31 Å². The van der Waals surface area contributed by atoms with Crippen molar-refractivity contribution in [2.24, 2.45) is 5.92 Å². The van der Waals surface area contributed by atoms with Crippen LogP contribution in [-0.2, 0) is 19.6 Å². The normalized spacial score (nSPS) is 24.2. The topological polar surface area (TPSA) is 78.0 Å². The zero-order chi connectivity index (χ0) is 20.6. The number of amides is 2. The van der Waals surface area contributed by atoms with E-state index in [4.69, 9.17) is 0 Å². The van der Waals surface area contributed by atoms with Crippen molar-refractivity contribution in [3.8, 4) is 0 Å². The van der Waals surface area contributed by atoms with Crippen molar-refractivity contribution < 1.29 is 18.0 Å². The molecule has 1 aromatic carbocycles. The quantitative estimate of drug-likeness (QED) is 0.756.